The third kappa shape index (κ3) is 3.73. The number of nitrogens with zero attached hydrogens (tertiary/aromatic N) is 4. The van der Waals surface area contributed by atoms with Crippen molar-refractivity contribution in [3.05, 3.63) is 53.1 Å². The van der Waals surface area contributed by atoms with Crippen molar-refractivity contribution in [1.82, 2.24) is 19.7 Å². The number of benzene rings is 1. The van der Waals surface area contributed by atoms with Gasteiger partial charge in [0.05, 0.1) is 23.3 Å². The fourth-order valence-electron chi connectivity index (χ4n) is 5.56. The summed E-state index contributed by atoms with van der Waals surface area (Å²) in [6.45, 7) is 5.72. The predicted molar refractivity (Wildman–Crippen MR) is 132 cm³/mol. The van der Waals surface area contributed by atoms with Crippen molar-refractivity contribution in [2.75, 3.05) is 0 Å². The van der Waals surface area contributed by atoms with E-state index in [0.717, 1.165) is 33.4 Å². The summed E-state index contributed by atoms with van der Waals surface area (Å²) in [6.07, 6.45) is 3.11. The van der Waals surface area contributed by atoms with Crippen LogP contribution in [0.3, 0.4) is 0 Å². The van der Waals surface area contributed by atoms with Gasteiger partial charge in [0.25, 0.3) is 0 Å². The first-order chi connectivity index (χ1) is 17.1. The number of rotatable bonds is 5. The van der Waals surface area contributed by atoms with Crippen LogP contribution >= 0.6 is 0 Å². The highest BCUT2D eigenvalue weighted by atomic mass is 19.1. The molecular weight excluding hydrogens is 461 g/mol. The molecule has 8 nitrogen and oxygen atoms in total. The SMILES string of the molecule is Cc1cc(-n2c(C(C)(C)CC#N)c(C3CCC(O)(C(=O)O)CC3)c3nc4[nH]ncc4cc32)ccc1F. The number of pyridine rings is 1. The predicted octanol–water partition coefficient (Wildman–Crippen LogP) is 5.01. The Morgan fingerprint density at radius 3 is 2.69 bits per heavy atom. The molecule has 0 aliphatic heterocycles. The molecule has 36 heavy (non-hydrogen) atoms. The number of carboxylic acid groups (broad SMARTS) is 1. The van der Waals surface area contributed by atoms with Crippen molar-refractivity contribution >= 4 is 28.0 Å². The first-order valence-corrected chi connectivity index (χ1v) is 12.0. The van der Waals surface area contributed by atoms with Crippen molar-refractivity contribution in [2.45, 2.75) is 69.8 Å². The molecule has 4 aromatic rings. The molecule has 0 radical (unpaired) electrons. The lowest BCUT2D eigenvalue weighted by Crippen LogP contribution is -2.41. The highest BCUT2D eigenvalue weighted by Gasteiger charge is 2.43. The van der Waals surface area contributed by atoms with Gasteiger partial charge < -0.3 is 14.8 Å². The molecule has 0 spiro atoms. The molecule has 3 aromatic heterocycles. The number of aryl methyl sites for hydroxylation is 1. The zero-order valence-electron chi connectivity index (χ0n) is 20.5. The van der Waals surface area contributed by atoms with Gasteiger partial charge in [0.2, 0.25) is 0 Å². The van der Waals surface area contributed by atoms with Crippen LogP contribution in [0, 0.1) is 24.1 Å². The molecule has 1 fully saturated rings. The summed E-state index contributed by atoms with van der Waals surface area (Å²) < 4.78 is 16.3. The number of aromatic amines is 1. The number of hydrogen-bond acceptors (Lipinski definition) is 5. The molecular formula is C27H28FN5O3. The maximum Gasteiger partial charge on any atom is 0.335 e. The second-order valence-corrected chi connectivity index (χ2v) is 10.5. The quantitative estimate of drug-likeness (QED) is 0.361. The average molecular weight is 490 g/mol. The number of carbonyl (C=O) groups is 1. The van der Waals surface area contributed by atoms with E-state index < -0.39 is 17.0 Å². The van der Waals surface area contributed by atoms with Crippen molar-refractivity contribution in [3.8, 4) is 11.8 Å². The molecule has 0 atom stereocenters. The molecule has 1 saturated carbocycles. The molecule has 9 heteroatoms. The maximum atomic E-state index is 14.2. The Kier molecular flexibility index (Phi) is 5.60. The van der Waals surface area contributed by atoms with Crippen LogP contribution in [-0.2, 0) is 10.2 Å². The van der Waals surface area contributed by atoms with Crippen molar-refractivity contribution in [2.24, 2.45) is 0 Å². The minimum absolute atomic E-state index is 0.0734. The van der Waals surface area contributed by atoms with Crippen LogP contribution in [0.4, 0.5) is 4.39 Å². The number of nitrogens with one attached hydrogen (secondary N) is 1. The first-order valence-electron chi connectivity index (χ1n) is 12.0. The number of fused-ring (bicyclic) bond motifs is 2. The highest BCUT2D eigenvalue weighted by Crippen LogP contribution is 2.47. The summed E-state index contributed by atoms with van der Waals surface area (Å²) in [4.78, 5) is 16.6. The monoisotopic (exact) mass is 489 g/mol. The average Bonchev–Trinajstić information content (AvgIpc) is 3.42. The zero-order chi connectivity index (χ0) is 25.8. The van der Waals surface area contributed by atoms with Gasteiger partial charge in [-0.2, -0.15) is 10.4 Å². The summed E-state index contributed by atoms with van der Waals surface area (Å²) in [5.41, 5.74) is 2.92. The second-order valence-electron chi connectivity index (χ2n) is 10.5. The Bertz CT molecular complexity index is 1540. The van der Waals surface area contributed by atoms with Gasteiger partial charge in [-0.1, -0.05) is 13.8 Å². The smallest absolute Gasteiger partial charge is 0.335 e. The number of aromatic nitrogens is 4. The van der Waals surface area contributed by atoms with Crippen molar-refractivity contribution in [1.29, 1.82) is 5.26 Å². The van der Waals surface area contributed by atoms with Crippen molar-refractivity contribution in [3.63, 3.8) is 0 Å². The molecule has 0 bridgehead atoms. The third-order valence-corrected chi connectivity index (χ3v) is 7.56. The molecule has 0 amide bonds. The molecule has 1 aliphatic carbocycles. The number of aliphatic hydroxyl groups is 1. The lowest BCUT2D eigenvalue weighted by molar-refractivity contribution is -0.162. The standard InChI is InChI=1S/C27H28FN5O3/c1-15-12-18(4-5-19(15)28)33-20-13-17-14-30-32-24(17)31-22(20)21(23(33)26(2,3)10-11-29)16-6-8-27(36,9-7-16)25(34)35/h4-5,12-14,16,36H,6-10H2,1-3H3,(H,34,35)(H,30,31,32). The Morgan fingerprint density at radius 1 is 1.33 bits per heavy atom. The van der Waals surface area contributed by atoms with Gasteiger partial charge >= 0.3 is 5.97 Å². The summed E-state index contributed by atoms with van der Waals surface area (Å²) in [5.74, 6) is -1.58. The van der Waals surface area contributed by atoms with Gasteiger partial charge in [-0.3, -0.25) is 5.10 Å². The molecule has 1 aromatic carbocycles. The fraction of sp³-hybridized carbons (Fsp3) is 0.407. The topological polar surface area (TPSA) is 128 Å². The molecule has 1 aliphatic rings. The molecule has 186 valence electrons. The van der Waals surface area contributed by atoms with E-state index in [4.69, 9.17) is 4.98 Å². The van der Waals surface area contributed by atoms with E-state index in [2.05, 4.69) is 20.8 Å². The minimum Gasteiger partial charge on any atom is -0.479 e. The largest absolute Gasteiger partial charge is 0.479 e. The summed E-state index contributed by atoms with van der Waals surface area (Å²) in [6, 6.07) is 9.25. The zero-order valence-corrected chi connectivity index (χ0v) is 20.5. The second kappa shape index (κ2) is 8.42. The van der Waals surface area contributed by atoms with E-state index in [-0.39, 0.29) is 31.0 Å². The molecule has 0 unspecified atom stereocenters. The van der Waals surface area contributed by atoms with Crippen LogP contribution in [0.1, 0.15) is 68.7 Å². The summed E-state index contributed by atoms with van der Waals surface area (Å²) >= 11 is 0. The van der Waals surface area contributed by atoms with E-state index in [1.807, 2.05) is 19.9 Å². The number of H-pyrrole nitrogens is 1. The van der Waals surface area contributed by atoms with Crippen LogP contribution in [0.2, 0.25) is 0 Å². The maximum absolute atomic E-state index is 14.2. The summed E-state index contributed by atoms with van der Waals surface area (Å²) in [7, 11) is 0. The Labute approximate surface area is 207 Å². The third-order valence-electron chi connectivity index (χ3n) is 7.56. The van der Waals surface area contributed by atoms with Gasteiger partial charge in [0, 0.05) is 34.2 Å². The number of nitriles is 1. The van der Waals surface area contributed by atoms with Crippen molar-refractivity contribution < 1.29 is 19.4 Å². The normalized spacial score (nSPS) is 20.6. The van der Waals surface area contributed by atoms with Crippen LogP contribution in [0.15, 0.2) is 30.5 Å². The van der Waals surface area contributed by atoms with Gasteiger partial charge in [-0.25, -0.2) is 14.2 Å². The van der Waals surface area contributed by atoms with Crippen LogP contribution in [0.25, 0.3) is 27.8 Å². The number of hydrogen-bond donors (Lipinski definition) is 3. The highest BCUT2D eigenvalue weighted by molar-refractivity contribution is 5.94. The Morgan fingerprint density at radius 2 is 2.06 bits per heavy atom. The number of halogens is 1. The lowest BCUT2D eigenvalue weighted by Gasteiger charge is -2.35. The van der Waals surface area contributed by atoms with E-state index >= 15 is 0 Å². The Hall–Kier alpha value is -3.77. The van der Waals surface area contributed by atoms with E-state index in [9.17, 15) is 24.7 Å². The van der Waals surface area contributed by atoms with Gasteiger partial charge in [-0.05, 0) is 68.4 Å². The minimum atomic E-state index is -1.74. The molecule has 3 heterocycles. The van der Waals surface area contributed by atoms with Crippen LogP contribution < -0.4 is 0 Å². The number of aliphatic carboxylic acids is 1. The molecule has 0 saturated heterocycles. The van der Waals surface area contributed by atoms with E-state index in [1.54, 1.807) is 25.3 Å². The van der Waals surface area contributed by atoms with E-state index in [0.29, 0.717) is 24.1 Å². The van der Waals surface area contributed by atoms with Gasteiger partial charge in [0.15, 0.2) is 11.2 Å². The molecule has 5 rings (SSSR count). The lowest BCUT2D eigenvalue weighted by atomic mass is 9.73. The van der Waals surface area contributed by atoms with Gasteiger partial charge in [-0.15, -0.1) is 0 Å². The van der Waals surface area contributed by atoms with Crippen LogP contribution in [-0.4, -0.2) is 41.5 Å². The Balaban J connectivity index is 1.83. The molecule has 3 N–H and O–H groups in total. The first kappa shape index (κ1) is 23.9. The summed E-state index contributed by atoms with van der Waals surface area (Å²) in [5, 5.41) is 37.7. The van der Waals surface area contributed by atoms with Crippen LogP contribution in [0.5, 0.6) is 0 Å². The van der Waals surface area contributed by atoms with E-state index in [1.165, 1.54) is 6.07 Å². The fourth-order valence-corrected chi connectivity index (χ4v) is 5.56. The number of carboxylic acids is 1. The van der Waals surface area contributed by atoms with Gasteiger partial charge in [0.1, 0.15) is 5.82 Å².